The fourth-order valence-corrected chi connectivity index (χ4v) is 2.10. The molecule has 0 fully saturated rings. The van der Waals surface area contributed by atoms with Crippen molar-refractivity contribution < 1.29 is 17.8 Å². The fourth-order valence-electron chi connectivity index (χ4n) is 1.40. The van der Waals surface area contributed by atoms with Gasteiger partial charge >= 0.3 is 0 Å². The highest BCUT2D eigenvalue weighted by atomic mass is 32.2. The first-order valence-electron chi connectivity index (χ1n) is 5.26. The molecule has 0 heterocycles. The molecule has 1 rings (SSSR count). The zero-order valence-corrected chi connectivity index (χ0v) is 10.8. The first-order chi connectivity index (χ1) is 8.29. The van der Waals surface area contributed by atoms with Crippen molar-refractivity contribution in [2.75, 3.05) is 5.75 Å². The summed E-state index contributed by atoms with van der Waals surface area (Å²) >= 11 is 0. The Balaban J connectivity index is 2.96. The summed E-state index contributed by atoms with van der Waals surface area (Å²) in [6.45, 7) is 4.99. The minimum Gasteiger partial charge on any atom is -0.344 e. The number of carbonyl (C=O) groups is 1. The number of benzene rings is 1. The molecule has 0 radical (unpaired) electrons. The predicted octanol–water partition coefficient (Wildman–Crippen LogP) is 1.31. The lowest BCUT2D eigenvalue weighted by Crippen LogP contribution is -2.33. The minimum atomic E-state index is -4.19. The molecule has 0 saturated heterocycles. The zero-order valence-electron chi connectivity index (χ0n) is 9.96. The van der Waals surface area contributed by atoms with Crippen LogP contribution in [0.5, 0.6) is 0 Å². The summed E-state index contributed by atoms with van der Waals surface area (Å²) in [6, 6.07) is 7.77. The van der Waals surface area contributed by atoms with E-state index in [1.165, 1.54) is 6.92 Å². The van der Waals surface area contributed by atoms with E-state index < -0.39 is 27.8 Å². The summed E-state index contributed by atoms with van der Waals surface area (Å²) in [6.07, 6.45) is 0. The molecule has 0 aromatic heterocycles. The maximum absolute atomic E-state index is 11.5. The zero-order chi connectivity index (χ0) is 13.8. The highest BCUT2D eigenvalue weighted by molar-refractivity contribution is 7.85. The Morgan fingerprint density at radius 3 is 2.39 bits per heavy atom. The van der Waals surface area contributed by atoms with E-state index in [0.717, 1.165) is 0 Å². The van der Waals surface area contributed by atoms with Gasteiger partial charge in [0.2, 0.25) is 5.91 Å². The van der Waals surface area contributed by atoms with Crippen LogP contribution in [0.15, 0.2) is 42.5 Å². The highest BCUT2D eigenvalue weighted by Crippen LogP contribution is 2.15. The van der Waals surface area contributed by atoms with E-state index in [1.807, 2.05) is 0 Å². The molecule has 0 saturated carbocycles. The first kappa shape index (κ1) is 14.4. The van der Waals surface area contributed by atoms with Crippen LogP contribution in [0.1, 0.15) is 18.5 Å². The number of nitrogens with one attached hydrogen (secondary N) is 1. The second-order valence-electron chi connectivity index (χ2n) is 3.97. The third kappa shape index (κ3) is 4.68. The van der Waals surface area contributed by atoms with Gasteiger partial charge in [0.15, 0.2) is 0 Å². The Hall–Kier alpha value is -1.66. The third-order valence-electron chi connectivity index (χ3n) is 2.27. The van der Waals surface area contributed by atoms with Gasteiger partial charge in [-0.3, -0.25) is 9.35 Å². The number of amides is 1. The van der Waals surface area contributed by atoms with Gasteiger partial charge in [0.05, 0.1) is 11.8 Å². The Kier molecular flexibility index (Phi) is 4.63. The lowest BCUT2D eigenvalue weighted by molar-refractivity contribution is -0.118. The Bertz CT molecular complexity index is 536. The molecule has 0 aliphatic heterocycles. The van der Waals surface area contributed by atoms with Gasteiger partial charge in [-0.25, -0.2) is 0 Å². The molecule has 0 aliphatic rings. The van der Waals surface area contributed by atoms with Gasteiger partial charge in [-0.1, -0.05) is 36.9 Å². The summed E-state index contributed by atoms with van der Waals surface area (Å²) in [4.78, 5) is 11.5. The van der Waals surface area contributed by atoms with Crippen LogP contribution in [0.4, 0.5) is 0 Å². The molecular weight excluding hydrogens is 254 g/mol. The molecule has 0 bridgehead atoms. The highest BCUT2D eigenvalue weighted by Gasteiger charge is 2.20. The lowest BCUT2D eigenvalue weighted by atomic mass is 10.1. The van der Waals surface area contributed by atoms with Crippen LogP contribution in [-0.2, 0) is 14.9 Å². The monoisotopic (exact) mass is 269 g/mol. The summed E-state index contributed by atoms with van der Waals surface area (Å²) < 4.78 is 30.8. The van der Waals surface area contributed by atoms with Crippen LogP contribution < -0.4 is 5.32 Å². The molecule has 1 aromatic rings. The van der Waals surface area contributed by atoms with Crippen molar-refractivity contribution in [3.05, 3.63) is 48.0 Å². The van der Waals surface area contributed by atoms with Crippen LogP contribution in [0, 0.1) is 0 Å². The number of rotatable bonds is 5. The van der Waals surface area contributed by atoms with E-state index in [1.54, 1.807) is 30.3 Å². The topological polar surface area (TPSA) is 83.5 Å². The van der Waals surface area contributed by atoms with Gasteiger partial charge in [-0.05, 0) is 12.5 Å². The molecule has 5 nitrogen and oxygen atoms in total. The molecule has 1 amide bonds. The lowest BCUT2D eigenvalue weighted by Gasteiger charge is -2.17. The SMILES string of the molecule is C=C(C)C(=O)NC(CS(=O)(=O)O)c1ccccc1. The molecule has 6 heteroatoms. The van der Waals surface area contributed by atoms with E-state index >= 15 is 0 Å². The fraction of sp³-hybridized carbons (Fsp3) is 0.250. The van der Waals surface area contributed by atoms with Crippen LogP contribution in [-0.4, -0.2) is 24.6 Å². The largest absolute Gasteiger partial charge is 0.344 e. The molecule has 0 aliphatic carbocycles. The summed E-state index contributed by atoms with van der Waals surface area (Å²) in [7, 11) is -4.19. The summed E-state index contributed by atoms with van der Waals surface area (Å²) in [5.41, 5.74) is 0.871. The maximum Gasteiger partial charge on any atom is 0.267 e. The van der Waals surface area contributed by atoms with Crippen LogP contribution in [0.3, 0.4) is 0 Å². The third-order valence-corrected chi connectivity index (χ3v) is 3.03. The second kappa shape index (κ2) is 5.79. The molecule has 18 heavy (non-hydrogen) atoms. The van der Waals surface area contributed by atoms with Gasteiger partial charge in [0, 0.05) is 5.57 Å². The molecular formula is C12H15NO4S. The van der Waals surface area contributed by atoms with E-state index in [9.17, 15) is 13.2 Å². The Morgan fingerprint density at radius 1 is 1.39 bits per heavy atom. The molecule has 2 N–H and O–H groups in total. The van der Waals surface area contributed by atoms with Crippen molar-refractivity contribution in [1.29, 1.82) is 0 Å². The van der Waals surface area contributed by atoms with Gasteiger partial charge < -0.3 is 5.32 Å². The van der Waals surface area contributed by atoms with E-state index in [4.69, 9.17) is 4.55 Å². The van der Waals surface area contributed by atoms with Gasteiger partial charge in [0.25, 0.3) is 10.1 Å². The van der Waals surface area contributed by atoms with Gasteiger partial charge in [0.1, 0.15) is 0 Å². The van der Waals surface area contributed by atoms with Gasteiger partial charge in [-0.2, -0.15) is 8.42 Å². The summed E-state index contributed by atoms with van der Waals surface area (Å²) in [5, 5.41) is 2.51. The molecule has 1 atom stereocenters. The van der Waals surface area contributed by atoms with E-state index in [0.29, 0.717) is 5.56 Å². The van der Waals surface area contributed by atoms with Crippen LogP contribution >= 0.6 is 0 Å². The standard InChI is InChI=1S/C12H15NO4S/c1-9(2)12(14)13-11(8-18(15,16)17)10-6-4-3-5-7-10/h3-7,11H,1,8H2,2H3,(H,13,14)(H,15,16,17). The molecule has 1 aromatic carbocycles. The maximum atomic E-state index is 11.5. The van der Waals surface area contributed by atoms with Gasteiger partial charge in [-0.15, -0.1) is 0 Å². The average molecular weight is 269 g/mol. The number of hydrogen-bond acceptors (Lipinski definition) is 3. The predicted molar refractivity (Wildman–Crippen MR) is 68.6 cm³/mol. The normalized spacial score (nSPS) is 12.8. The molecule has 1 unspecified atom stereocenters. The second-order valence-corrected chi connectivity index (χ2v) is 5.46. The van der Waals surface area contributed by atoms with Crippen molar-refractivity contribution in [2.24, 2.45) is 0 Å². The Labute approximate surface area is 106 Å². The average Bonchev–Trinajstić information content (AvgIpc) is 2.27. The quantitative estimate of drug-likeness (QED) is 0.623. The minimum absolute atomic E-state index is 0.270. The van der Waals surface area contributed by atoms with Crippen molar-refractivity contribution in [2.45, 2.75) is 13.0 Å². The smallest absolute Gasteiger partial charge is 0.267 e. The van der Waals surface area contributed by atoms with E-state index in [-0.39, 0.29) is 5.57 Å². The van der Waals surface area contributed by atoms with Crippen molar-refractivity contribution in [3.8, 4) is 0 Å². The molecule has 98 valence electrons. The molecule has 0 spiro atoms. The van der Waals surface area contributed by atoms with E-state index in [2.05, 4.69) is 11.9 Å². The van der Waals surface area contributed by atoms with Crippen LogP contribution in [0.2, 0.25) is 0 Å². The number of hydrogen-bond donors (Lipinski definition) is 2. The van der Waals surface area contributed by atoms with Crippen molar-refractivity contribution >= 4 is 16.0 Å². The van der Waals surface area contributed by atoms with Crippen molar-refractivity contribution in [1.82, 2.24) is 5.32 Å². The van der Waals surface area contributed by atoms with Crippen LogP contribution in [0.25, 0.3) is 0 Å². The van der Waals surface area contributed by atoms with Crippen molar-refractivity contribution in [3.63, 3.8) is 0 Å². The number of carbonyl (C=O) groups excluding carboxylic acids is 1. The Morgan fingerprint density at radius 2 is 1.94 bits per heavy atom. The summed E-state index contributed by atoms with van der Waals surface area (Å²) in [5.74, 6) is -1.02. The first-order valence-corrected chi connectivity index (χ1v) is 6.87.